The van der Waals surface area contributed by atoms with E-state index >= 15 is 0 Å². The predicted molar refractivity (Wildman–Crippen MR) is 82.6 cm³/mol. The van der Waals surface area contributed by atoms with Crippen molar-refractivity contribution in [1.82, 2.24) is 15.5 Å². The van der Waals surface area contributed by atoms with Gasteiger partial charge in [-0.25, -0.2) is 0 Å². The van der Waals surface area contributed by atoms with Gasteiger partial charge in [-0.05, 0) is 37.0 Å². The molecule has 1 saturated carbocycles. The topological polar surface area (TPSA) is 44.4 Å². The predicted octanol–water partition coefficient (Wildman–Crippen LogP) is 1.61. The quantitative estimate of drug-likeness (QED) is 0.823. The van der Waals surface area contributed by atoms with E-state index in [1.807, 2.05) is 0 Å². The van der Waals surface area contributed by atoms with Gasteiger partial charge in [0, 0.05) is 32.2 Å². The number of nitrogens with zero attached hydrogens (tertiary/aromatic N) is 1. The summed E-state index contributed by atoms with van der Waals surface area (Å²) < 4.78 is 0. The Morgan fingerprint density at radius 3 is 2.40 bits per heavy atom. The lowest BCUT2D eigenvalue weighted by Crippen LogP contribution is -2.48. The number of carbonyl (C=O) groups excluding carboxylic acids is 1. The van der Waals surface area contributed by atoms with Gasteiger partial charge in [0.15, 0.2) is 0 Å². The van der Waals surface area contributed by atoms with Gasteiger partial charge in [-0.1, -0.05) is 20.8 Å². The molecule has 0 unspecified atom stereocenters. The lowest BCUT2D eigenvalue weighted by atomic mass is 9.91. The molecule has 0 radical (unpaired) electrons. The lowest BCUT2D eigenvalue weighted by Gasteiger charge is -2.34. The summed E-state index contributed by atoms with van der Waals surface area (Å²) in [6, 6.07) is 1.32. The van der Waals surface area contributed by atoms with Gasteiger partial charge < -0.3 is 10.6 Å². The Labute approximate surface area is 123 Å². The average molecular weight is 281 g/mol. The Hall–Kier alpha value is -0.610. The molecule has 4 nitrogen and oxygen atoms in total. The van der Waals surface area contributed by atoms with Gasteiger partial charge in [-0.2, -0.15) is 0 Å². The molecule has 2 rings (SSSR count). The number of likely N-dealkylation sites (N-methyl/N-ethyl adjacent to an activating group) is 1. The van der Waals surface area contributed by atoms with Crippen LogP contribution < -0.4 is 10.6 Å². The zero-order valence-corrected chi connectivity index (χ0v) is 13.5. The molecule has 0 aromatic rings. The van der Waals surface area contributed by atoms with E-state index in [-0.39, 0.29) is 5.91 Å². The molecule has 116 valence electrons. The highest BCUT2D eigenvalue weighted by Crippen LogP contribution is 2.41. The van der Waals surface area contributed by atoms with Crippen molar-refractivity contribution in [3.63, 3.8) is 0 Å². The van der Waals surface area contributed by atoms with E-state index in [1.54, 1.807) is 7.05 Å². The normalized spacial score (nSPS) is 31.4. The van der Waals surface area contributed by atoms with E-state index in [1.165, 1.54) is 25.7 Å². The summed E-state index contributed by atoms with van der Waals surface area (Å²) in [6.07, 6.45) is 4.97. The van der Waals surface area contributed by atoms with Gasteiger partial charge in [0.25, 0.3) is 0 Å². The molecule has 2 atom stereocenters. The second kappa shape index (κ2) is 6.44. The third-order valence-corrected chi connectivity index (χ3v) is 5.02. The average Bonchev–Trinajstić information content (AvgIpc) is 2.64. The van der Waals surface area contributed by atoms with E-state index in [0.717, 1.165) is 19.0 Å². The first-order valence-corrected chi connectivity index (χ1v) is 8.08. The molecule has 2 N–H and O–H groups in total. The van der Waals surface area contributed by atoms with E-state index < -0.39 is 0 Å². The fraction of sp³-hybridized carbons (Fsp3) is 0.938. The van der Waals surface area contributed by atoms with Gasteiger partial charge in [-0.3, -0.25) is 9.69 Å². The summed E-state index contributed by atoms with van der Waals surface area (Å²) in [4.78, 5) is 13.6. The summed E-state index contributed by atoms with van der Waals surface area (Å²) in [5.41, 5.74) is 0.497. The maximum atomic E-state index is 11.4. The van der Waals surface area contributed by atoms with Crippen molar-refractivity contribution in [2.24, 2.45) is 11.3 Å². The van der Waals surface area contributed by atoms with E-state index in [9.17, 15) is 4.79 Å². The first-order chi connectivity index (χ1) is 9.39. The minimum atomic E-state index is 0.127. The smallest absolute Gasteiger partial charge is 0.233 e. The molecule has 1 aliphatic heterocycles. The third kappa shape index (κ3) is 4.19. The molecule has 0 bridgehead atoms. The number of rotatable bonds is 4. The zero-order valence-electron chi connectivity index (χ0n) is 13.5. The van der Waals surface area contributed by atoms with Crippen molar-refractivity contribution in [1.29, 1.82) is 0 Å². The molecule has 1 amide bonds. The second-order valence-corrected chi connectivity index (χ2v) is 7.55. The number of likely N-dealkylation sites (tertiary alicyclic amines) is 1. The monoisotopic (exact) mass is 281 g/mol. The second-order valence-electron chi connectivity index (χ2n) is 7.55. The maximum Gasteiger partial charge on any atom is 0.233 e. The van der Waals surface area contributed by atoms with Crippen molar-refractivity contribution in [3.8, 4) is 0 Å². The van der Waals surface area contributed by atoms with Crippen molar-refractivity contribution in [3.05, 3.63) is 0 Å². The molecule has 2 fully saturated rings. The fourth-order valence-electron chi connectivity index (χ4n) is 3.96. The number of nitrogens with one attached hydrogen (secondary N) is 2. The van der Waals surface area contributed by atoms with E-state index in [4.69, 9.17) is 0 Å². The van der Waals surface area contributed by atoms with Crippen molar-refractivity contribution in [2.45, 2.75) is 58.5 Å². The minimum Gasteiger partial charge on any atom is -0.358 e. The van der Waals surface area contributed by atoms with Crippen LogP contribution in [0.15, 0.2) is 0 Å². The van der Waals surface area contributed by atoms with Crippen LogP contribution in [0.1, 0.15) is 46.5 Å². The van der Waals surface area contributed by atoms with Crippen LogP contribution in [0.4, 0.5) is 0 Å². The molecule has 1 saturated heterocycles. The number of hydrogen-bond acceptors (Lipinski definition) is 3. The molecule has 0 spiro atoms. The van der Waals surface area contributed by atoms with Crippen LogP contribution in [0.25, 0.3) is 0 Å². The Morgan fingerprint density at radius 2 is 1.90 bits per heavy atom. The molecular formula is C16H31N3O. The van der Waals surface area contributed by atoms with Crippen molar-refractivity contribution < 1.29 is 4.79 Å². The molecular weight excluding hydrogens is 250 g/mol. The van der Waals surface area contributed by atoms with Crippen LogP contribution in [0, 0.1) is 11.3 Å². The molecule has 2 aliphatic rings. The van der Waals surface area contributed by atoms with E-state index in [2.05, 4.69) is 36.3 Å². The Bertz CT molecular complexity index is 335. The van der Waals surface area contributed by atoms with Gasteiger partial charge in [0.05, 0.1) is 6.54 Å². The first-order valence-electron chi connectivity index (χ1n) is 8.08. The summed E-state index contributed by atoms with van der Waals surface area (Å²) in [6.45, 7) is 9.78. The van der Waals surface area contributed by atoms with Crippen LogP contribution in [0.3, 0.4) is 0 Å². The summed E-state index contributed by atoms with van der Waals surface area (Å²) in [7, 11) is 1.71. The van der Waals surface area contributed by atoms with Crippen LogP contribution >= 0.6 is 0 Å². The number of amides is 1. The van der Waals surface area contributed by atoms with Crippen LogP contribution in [0.5, 0.6) is 0 Å². The summed E-state index contributed by atoms with van der Waals surface area (Å²) in [5, 5.41) is 6.58. The highest BCUT2D eigenvalue weighted by atomic mass is 16.1. The van der Waals surface area contributed by atoms with Gasteiger partial charge in [0.2, 0.25) is 5.91 Å². The molecule has 1 heterocycles. The Balaban J connectivity index is 1.73. The highest BCUT2D eigenvalue weighted by molar-refractivity contribution is 5.77. The van der Waals surface area contributed by atoms with Crippen LogP contribution in [-0.2, 0) is 4.79 Å². The van der Waals surface area contributed by atoms with Gasteiger partial charge in [0.1, 0.15) is 0 Å². The van der Waals surface area contributed by atoms with Crippen molar-refractivity contribution >= 4 is 5.91 Å². The molecule has 1 aliphatic carbocycles. The van der Waals surface area contributed by atoms with Crippen LogP contribution in [-0.4, -0.2) is 49.6 Å². The minimum absolute atomic E-state index is 0.127. The number of carbonyl (C=O) groups is 1. The lowest BCUT2D eigenvalue weighted by molar-refractivity contribution is -0.122. The first kappa shape index (κ1) is 15.8. The molecule has 20 heavy (non-hydrogen) atoms. The van der Waals surface area contributed by atoms with Gasteiger partial charge >= 0.3 is 0 Å². The largest absolute Gasteiger partial charge is 0.358 e. The Kier molecular flexibility index (Phi) is 5.08. The zero-order chi connectivity index (χ0) is 14.8. The maximum absolute atomic E-state index is 11.4. The highest BCUT2D eigenvalue weighted by Gasteiger charge is 2.37. The molecule has 0 aromatic heterocycles. The third-order valence-electron chi connectivity index (χ3n) is 5.02. The number of hydrogen-bond donors (Lipinski definition) is 2. The van der Waals surface area contributed by atoms with Crippen molar-refractivity contribution in [2.75, 3.05) is 26.7 Å². The van der Waals surface area contributed by atoms with Crippen LogP contribution in [0.2, 0.25) is 0 Å². The standard InChI is InChI=1S/C16H31N3O/c1-12-9-16(2,3)10-14(12)18-13-5-7-19(8-6-13)11-15(20)17-4/h12-14,18H,5-11H2,1-4H3,(H,17,20)/t12-,14-/m0/s1. The number of piperidine rings is 1. The Morgan fingerprint density at radius 1 is 1.25 bits per heavy atom. The summed E-state index contributed by atoms with van der Waals surface area (Å²) >= 11 is 0. The SMILES string of the molecule is CNC(=O)CN1CCC(N[C@H]2CC(C)(C)C[C@@H]2C)CC1. The molecule has 4 heteroatoms. The van der Waals surface area contributed by atoms with Gasteiger partial charge in [-0.15, -0.1) is 0 Å². The molecule has 0 aromatic carbocycles. The fourth-order valence-corrected chi connectivity index (χ4v) is 3.96. The summed E-state index contributed by atoms with van der Waals surface area (Å²) in [5.74, 6) is 0.913. The van der Waals surface area contributed by atoms with E-state index in [0.29, 0.717) is 24.0 Å².